The van der Waals surface area contributed by atoms with Gasteiger partial charge in [0, 0.05) is 32.2 Å². The van der Waals surface area contributed by atoms with Crippen molar-refractivity contribution in [2.45, 2.75) is 18.9 Å². The van der Waals surface area contributed by atoms with E-state index in [2.05, 4.69) is 9.80 Å². The average molecular weight is 261 g/mol. The molecular formula is C14H19N3O2. The first kappa shape index (κ1) is 12.3. The van der Waals surface area contributed by atoms with Crippen LogP contribution in [0.5, 0.6) is 0 Å². The van der Waals surface area contributed by atoms with E-state index in [4.69, 9.17) is 5.73 Å². The zero-order valence-corrected chi connectivity index (χ0v) is 10.9. The van der Waals surface area contributed by atoms with Gasteiger partial charge in [-0.05, 0) is 25.0 Å². The molecule has 0 atom stereocenters. The van der Waals surface area contributed by atoms with E-state index in [0.717, 1.165) is 32.2 Å². The number of para-hydroxylation sites is 1. The van der Waals surface area contributed by atoms with E-state index in [-0.39, 0.29) is 0 Å². The molecule has 1 saturated heterocycles. The number of nitrogens with zero attached hydrogens (tertiary/aromatic N) is 2. The van der Waals surface area contributed by atoms with Gasteiger partial charge in [-0.1, -0.05) is 6.07 Å². The second kappa shape index (κ2) is 4.74. The Morgan fingerprint density at radius 3 is 2.47 bits per heavy atom. The fraction of sp³-hybridized carbons (Fsp3) is 0.500. The molecule has 0 bridgehead atoms. The molecule has 5 heteroatoms. The molecule has 102 valence electrons. The summed E-state index contributed by atoms with van der Waals surface area (Å²) in [7, 11) is 0. The summed E-state index contributed by atoms with van der Waals surface area (Å²) in [5.41, 5.74) is 7.52. The van der Waals surface area contributed by atoms with Crippen molar-refractivity contribution in [2.24, 2.45) is 0 Å². The van der Waals surface area contributed by atoms with E-state index in [9.17, 15) is 9.90 Å². The van der Waals surface area contributed by atoms with Crippen molar-refractivity contribution >= 4 is 17.3 Å². The molecule has 0 spiro atoms. The zero-order valence-electron chi connectivity index (χ0n) is 10.9. The summed E-state index contributed by atoms with van der Waals surface area (Å²) in [6.45, 7) is 3.70. The normalized spacial score (nSPS) is 20.5. The molecule has 2 fully saturated rings. The van der Waals surface area contributed by atoms with Crippen molar-refractivity contribution < 1.29 is 9.90 Å². The predicted molar refractivity (Wildman–Crippen MR) is 74.6 cm³/mol. The van der Waals surface area contributed by atoms with Crippen LogP contribution in [0.2, 0.25) is 0 Å². The maximum Gasteiger partial charge on any atom is 0.337 e. The van der Waals surface area contributed by atoms with Crippen LogP contribution in [0, 0.1) is 0 Å². The lowest BCUT2D eigenvalue weighted by molar-refractivity contribution is 0.0697. The smallest absolute Gasteiger partial charge is 0.337 e. The van der Waals surface area contributed by atoms with E-state index in [0.29, 0.717) is 16.9 Å². The van der Waals surface area contributed by atoms with Crippen LogP contribution in [0.1, 0.15) is 23.2 Å². The fourth-order valence-electron chi connectivity index (χ4n) is 2.84. The summed E-state index contributed by atoms with van der Waals surface area (Å²) >= 11 is 0. The second-order valence-electron chi connectivity index (χ2n) is 5.30. The lowest BCUT2D eigenvalue weighted by Crippen LogP contribution is -2.47. The number of hydrogen-bond acceptors (Lipinski definition) is 4. The molecule has 2 aliphatic rings. The molecule has 1 aliphatic carbocycles. The van der Waals surface area contributed by atoms with Gasteiger partial charge in [-0.2, -0.15) is 0 Å². The molecule has 0 radical (unpaired) electrons. The number of piperazine rings is 1. The molecule has 3 rings (SSSR count). The zero-order chi connectivity index (χ0) is 13.4. The summed E-state index contributed by atoms with van der Waals surface area (Å²) in [6, 6.07) is 5.87. The van der Waals surface area contributed by atoms with Crippen molar-refractivity contribution in [3.63, 3.8) is 0 Å². The molecule has 5 nitrogen and oxygen atoms in total. The van der Waals surface area contributed by atoms with E-state index in [1.165, 1.54) is 12.8 Å². The van der Waals surface area contributed by atoms with Gasteiger partial charge in [0.2, 0.25) is 0 Å². The Bertz CT molecular complexity index is 491. The summed E-state index contributed by atoms with van der Waals surface area (Å²) in [6.07, 6.45) is 2.63. The largest absolute Gasteiger partial charge is 0.478 e. The highest BCUT2D eigenvalue weighted by atomic mass is 16.4. The number of carbonyl (C=O) groups is 1. The van der Waals surface area contributed by atoms with Crippen LogP contribution in [0.15, 0.2) is 18.2 Å². The summed E-state index contributed by atoms with van der Waals surface area (Å²) in [5, 5.41) is 9.28. The highest BCUT2D eigenvalue weighted by Crippen LogP contribution is 2.32. The van der Waals surface area contributed by atoms with Gasteiger partial charge < -0.3 is 15.7 Å². The number of nitrogen functional groups attached to an aromatic ring is 1. The summed E-state index contributed by atoms with van der Waals surface area (Å²) < 4.78 is 0. The topological polar surface area (TPSA) is 69.8 Å². The maximum absolute atomic E-state index is 11.3. The van der Waals surface area contributed by atoms with Gasteiger partial charge in [-0.3, -0.25) is 4.90 Å². The minimum Gasteiger partial charge on any atom is -0.478 e. The summed E-state index contributed by atoms with van der Waals surface area (Å²) in [5.74, 6) is -0.910. The molecule has 1 aromatic rings. The van der Waals surface area contributed by atoms with Crippen LogP contribution in [0.4, 0.5) is 11.4 Å². The minimum atomic E-state index is -0.910. The SMILES string of the molecule is Nc1cccc(C(=O)O)c1N1CCN(C2CC2)CC1. The van der Waals surface area contributed by atoms with Crippen LogP contribution in [-0.2, 0) is 0 Å². The van der Waals surface area contributed by atoms with Crippen LogP contribution >= 0.6 is 0 Å². The molecule has 1 heterocycles. The van der Waals surface area contributed by atoms with E-state index in [1.54, 1.807) is 18.2 Å². The molecule has 3 N–H and O–H groups in total. The molecule has 1 saturated carbocycles. The second-order valence-corrected chi connectivity index (χ2v) is 5.30. The average Bonchev–Trinajstić information content (AvgIpc) is 3.23. The quantitative estimate of drug-likeness (QED) is 0.801. The Kier molecular flexibility index (Phi) is 3.06. The van der Waals surface area contributed by atoms with Gasteiger partial charge in [0.15, 0.2) is 0 Å². The van der Waals surface area contributed by atoms with Crippen molar-refractivity contribution in [3.8, 4) is 0 Å². The lowest BCUT2D eigenvalue weighted by Gasteiger charge is -2.37. The third-order valence-electron chi connectivity index (χ3n) is 3.99. The molecule has 0 unspecified atom stereocenters. The minimum absolute atomic E-state index is 0.305. The van der Waals surface area contributed by atoms with E-state index in [1.807, 2.05) is 0 Å². The van der Waals surface area contributed by atoms with Crippen LogP contribution in [0.3, 0.4) is 0 Å². The predicted octanol–water partition coefficient (Wildman–Crippen LogP) is 1.25. The van der Waals surface area contributed by atoms with Gasteiger partial charge in [0.25, 0.3) is 0 Å². The Labute approximate surface area is 112 Å². The number of aromatic carboxylic acids is 1. The van der Waals surface area contributed by atoms with Gasteiger partial charge in [-0.15, -0.1) is 0 Å². The number of nitrogens with two attached hydrogens (primary N) is 1. The van der Waals surface area contributed by atoms with Crippen LogP contribution in [-0.4, -0.2) is 48.2 Å². The number of carboxylic acid groups (broad SMARTS) is 1. The molecule has 0 aromatic heterocycles. The number of carboxylic acids is 1. The maximum atomic E-state index is 11.3. The first-order valence-electron chi connectivity index (χ1n) is 6.77. The van der Waals surface area contributed by atoms with E-state index >= 15 is 0 Å². The molecule has 1 aliphatic heterocycles. The Hall–Kier alpha value is -1.75. The van der Waals surface area contributed by atoms with Crippen molar-refractivity contribution in [1.29, 1.82) is 0 Å². The fourth-order valence-corrected chi connectivity index (χ4v) is 2.84. The molecule has 1 aromatic carbocycles. The lowest BCUT2D eigenvalue weighted by atomic mass is 10.1. The third-order valence-corrected chi connectivity index (χ3v) is 3.99. The number of anilines is 2. The Morgan fingerprint density at radius 2 is 1.89 bits per heavy atom. The molecule has 19 heavy (non-hydrogen) atoms. The standard InChI is InChI=1S/C14H19N3O2/c15-12-3-1-2-11(14(18)19)13(12)17-8-6-16(7-9-17)10-4-5-10/h1-3,10H,4-9,15H2,(H,18,19). The molecular weight excluding hydrogens is 242 g/mol. The van der Waals surface area contributed by atoms with Gasteiger partial charge in [0.05, 0.1) is 16.9 Å². The first-order chi connectivity index (χ1) is 9.16. The summed E-state index contributed by atoms with van der Waals surface area (Å²) in [4.78, 5) is 15.9. The first-order valence-corrected chi connectivity index (χ1v) is 6.77. The Morgan fingerprint density at radius 1 is 1.21 bits per heavy atom. The van der Waals surface area contributed by atoms with Crippen molar-refractivity contribution in [3.05, 3.63) is 23.8 Å². The third kappa shape index (κ3) is 2.38. The van der Waals surface area contributed by atoms with Crippen LogP contribution < -0.4 is 10.6 Å². The number of rotatable bonds is 3. The highest BCUT2D eigenvalue weighted by Gasteiger charge is 2.32. The molecule has 0 amide bonds. The highest BCUT2D eigenvalue weighted by molar-refractivity contribution is 5.98. The monoisotopic (exact) mass is 261 g/mol. The van der Waals surface area contributed by atoms with Crippen molar-refractivity contribution in [2.75, 3.05) is 36.8 Å². The number of hydrogen-bond donors (Lipinski definition) is 2. The van der Waals surface area contributed by atoms with Gasteiger partial charge in [-0.25, -0.2) is 4.79 Å². The van der Waals surface area contributed by atoms with Gasteiger partial charge in [0.1, 0.15) is 0 Å². The number of benzene rings is 1. The van der Waals surface area contributed by atoms with Crippen molar-refractivity contribution in [1.82, 2.24) is 4.90 Å². The van der Waals surface area contributed by atoms with Crippen LogP contribution in [0.25, 0.3) is 0 Å². The van der Waals surface area contributed by atoms with Gasteiger partial charge >= 0.3 is 5.97 Å². The van der Waals surface area contributed by atoms with E-state index < -0.39 is 5.97 Å². The Balaban J connectivity index is 1.80.